The van der Waals surface area contributed by atoms with Gasteiger partial charge in [0, 0.05) is 28.3 Å². The van der Waals surface area contributed by atoms with Gasteiger partial charge in [-0.2, -0.15) is 0 Å². The van der Waals surface area contributed by atoms with Gasteiger partial charge >= 0.3 is 0 Å². The van der Waals surface area contributed by atoms with Crippen molar-refractivity contribution in [2.45, 2.75) is 26.7 Å². The fourth-order valence-electron chi connectivity index (χ4n) is 6.29. The summed E-state index contributed by atoms with van der Waals surface area (Å²) < 4.78 is 0. The molecule has 2 heterocycles. The summed E-state index contributed by atoms with van der Waals surface area (Å²) in [4.78, 5) is 10.3. The molecule has 178 valence electrons. The van der Waals surface area contributed by atoms with Crippen molar-refractivity contribution in [3.8, 4) is 11.1 Å². The van der Waals surface area contributed by atoms with E-state index in [2.05, 4.69) is 130 Å². The van der Waals surface area contributed by atoms with Gasteiger partial charge in [0.25, 0.3) is 0 Å². The molecule has 2 nitrogen and oxygen atoms in total. The highest BCUT2D eigenvalue weighted by atomic mass is 14.9. The maximum Gasteiger partial charge on any atom is 0.0935 e. The highest BCUT2D eigenvalue weighted by Crippen LogP contribution is 2.50. The minimum atomic E-state index is -0.298. The van der Waals surface area contributed by atoms with Crippen LogP contribution < -0.4 is 0 Å². The molecule has 0 N–H and O–H groups in total. The van der Waals surface area contributed by atoms with Crippen LogP contribution in [-0.2, 0) is 0 Å². The van der Waals surface area contributed by atoms with Crippen LogP contribution in [0.4, 0.5) is 0 Å². The van der Waals surface area contributed by atoms with E-state index < -0.39 is 0 Å². The quantitative estimate of drug-likeness (QED) is 0.250. The average Bonchev–Trinajstić information content (AvgIpc) is 2.92. The SMILES string of the molecule is CC1=CC(c2cccc3ccccc23)C2(C)C=Cc3c(-c4cccc5ccccc45)cc(C)nc3C2=N1. The number of pyridine rings is 1. The Hall–Kier alpha value is -4.30. The Bertz CT molecular complexity index is 1810. The number of nitrogens with zero attached hydrogens (tertiary/aromatic N) is 2. The number of aliphatic imine (C=N–C) groups is 1. The normalized spacial score (nSPS) is 20.4. The minimum Gasteiger partial charge on any atom is -0.255 e. The van der Waals surface area contributed by atoms with E-state index in [1.54, 1.807) is 0 Å². The van der Waals surface area contributed by atoms with Crippen LogP contribution in [0.15, 0.2) is 114 Å². The van der Waals surface area contributed by atoms with Crippen LogP contribution in [0.1, 0.15) is 42.3 Å². The number of hydrogen-bond acceptors (Lipinski definition) is 2. The molecule has 0 saturated heterocycles. The molecular weight excluding hydrogens is 448 g/mol. The standard InChI is InChI=1S/C35H28N2/c1-22-20-31(28-16-8-12-24-10-4-6-14-26(24)28)30-18-19-35(3)32(21-23(2)37-34(35)33(30)36-22)29-17-9-13-25-11-5-7-15-27(25)29/h4-21,32H,1-3H3. The summed E-state index contributed by atoms with van der Waals surface area (Å²) in [5.41, 5.74) is 8.77. The number of hydrogen-bond donors (Lipinski definition) is 0. The minimum absolute atomic E-state index is 0.166. The Morgan fingerprint density at radius 3 is 2.22 bits per heavy atom. The van der Waals surface area contributed by atoms with Crippen molar-refractivity contribution in [1.82, 2.24) is 4.98 Å². The summed E-state index contributed by atoms with van der Waals surface area (Å²) in [6, 6.07) is 32.7. The molecule has 1 aromatic heterocycles. The van der Waals surface area contributed by atoms with Crippen LogP contribution in [0.2, 0.25) is 0 Å². The molecule has 1 aliphatic carbocycles. The second-order valence-electron chi connectivity index (χ2n) is 10.5. The molecule has 1 aliphatic heterocycles. The summed E-state index contributed by atoms with van der Waals surface area (Å²) in [5, 5.41) is 5.08. The van der Waals surface area contributed by atoms with Crippen LogP contribution in [0, 0.1) is 12.3 Å². The van der Waals surface area contributed by atoms with Gasteiger partial charge in [-0.15, -0.1) is 0 Å². The summed E-state index contributed by atoms with van der Waals surface area (Å²) in [7, 11) is 0. The van der Waals surface area contributed by atoms with Gasteiger partial charge in [0.15, 0.2) is 0 Å². The first-order chi connectivity index (χ1) is 18.0. The van der Waals surface area contributed by atoms with Gasteiger partial charge in [-0.1, -0.05) is 103 Å². The lowest BCUT2D eigenvalue weighted by Crippen LogP contribution is -2.38. The predicted octanol–water partition coefficient (Wildman–Crippen LogP) is 8.89. The van der Waals surface area contributed by atoms with Gasteiger partial charge in [0.05, 0.1) is 11.4 Å². The van der Waals surface area contributed by atoms with Crippen LogP contribution >= 0.6 is 0 Å². The zero-order valence-corrected chi connectivity index (χ0v) is 21.4. The Labute approximate surface area is 217 Å². The van der Waals surface area contributed by atoms with E-state index in [1.807, 2.05) is 0 Å². The van der Waals surface area contributed by atoms with Gasteiger partial charge in [-0.05, 0) is 65.1 Å². The Morgan fingerprint density at radius 1 is 0.730 bits per heavy atom. The van der Waals surface area contributed by atoms with E-state index in [1.165, 1.54) is 38.2 Å². The van der Waals surface area contributed by atoms with E-state index in [9.17, 15) is 0 Å². The van der Waals surface area contributed by atoms with Crippen molar-refractivity contribution >= 4 is 33.3 Å². The van der Waals surface area contributed by atoms with E-state index in [0.29, 0.717) is 0 Å². The van der Waals surface area contributed by atoms with Gasteiger partial charge < -0.3 is 0 Å². The second-order valence-corrected chi connectivity index (χ2v) is 10.5. The molecular formula is C35H28N2. The molecule has 0 amide bonds. The third-order valence-electron chi connectivity index (χ3n) is 8.10. The maximum atomic E-state index is 5.18. The smallest absolute Gasteiger partial charge is 0.0935 e. The highest BCUT2D eigenvalue weighted by Gasteiger charge is 2.44. The fraction of sp³-hybridized carbons (Fsp3) is 0.143. The molecule has 0 radical (unpaired) electrons. The topological polar surface area (TPSA) is 25.2 Å². The van der Waals surface area contributed by atoms with Crippen molar-refractivity contribution in [3.63, 3.8) is 0 Å². The van der Waals surface area contributed by atoms with Crippen molar-refractivity contribution in [2.75, 3.05) is 0 Å². The van der Waals surface area contributed by atoms with Crippen LogP contribution in [-0.4, -0.2) is 10.7 Å². The number of aryl methyl sites for hydroxylation is 1. The Morgan fingerprint density at radius 2 is 1.41 bits per heavy atom. The fourth-order valence-corrected chi connectivity index (χ4v) is 6.29. The average molecular weight is 477 g/mol. The first kappa shape index (κ1) is 21.9. The van der Waals surface area contributed by atoms with Crippen molar-refractivity contribution < 1.29 is 0 Å². The van der Waals surface area contributed by atoms with Crippen LogP contribution in [0.5, 0.6) is 0 Å². The van der Waals surface area contributed by atoms with Gasteiger partial charge in [0.1, 0.15) is 0 Å². The first-order valence-corrected chi connectivity index (χ1v) is 13.0. The number of allylic oxidation sites excluding steroid dienone is 3. The molecule has 2 heteroatoms. The number of aromatic nitrogens is 1. The lowest BCUT2D eigenvalue weighted by molar-refractivity contribution is 0.518. The third-order valence-corrected chi connectivity index (χ3v) is 8.10. The zero-order chi connectivity index (χ0) is 25.1. The molecule has 4 aromatic carbocycles. The lowest BCUT2D eigenvalue weighted by Gasteiger charge is -2.41. The van der Waals surface area contributed by atoms with Crippen molar-refractivity contribution in [3.05, 3.63) is 131 Å². The Kier molecular flexibility index (Phi) is 4.81. The zero-order valence-electron chi connectivity index (χ0n) is 21.4. The van der Waals surface area contributed by atoms with E-state index >= 15 is 0 Å². The molecule has 0 fully saturated rings. The largest absolute Gasteiger partial charge is 0.255 e. The maximum absolute atomic E-state index is 5.18. The summed E-state index contributed by atoms with van der Waals surface area (Å²) in [5.74, 6) is 0.166. The number of fused-ring (bicyclic) bond motifs is 5. The predicted molar refractivity (Wildman–Crippen MR) is 156 cm³/mol. The first-order valence-electron chi connectivity index (χ1n) is 13.0. The molecule has 0 spiro atoms. The van der Waals surface area contributed by atoms with Gasteiger partial charge in [-0.3, -0.25) is 9.98 Å². The molecule has 37 heavy (non-hydrogen) atoms. The highest BCUT2D eigenvalue weighted by molar-refractivity contribution is 6.13. The summed E-state index contributed by atoms with van der Waals surface area (Å²) in [6.07, 6.45) is 7.00. The van der Waals surface area contributed by atoms with Gasteiger partial charge in [-0.25, -0.2) is 0 Å². The van der Waals surface area contributed by atoms with Gasteiger partial charge in [0.2, 0.25) is 0 Å². The lowest BCUT2D eigenvalue weighted by atomic mass is 9.64. The van der Waals surface area contributed by atoms with Crippen molar-refractivity contribution in [1.29, 1.82) is 0 Å². The second kappa shape index (κ2) is 8.11. The summed E-state index contributed by atoms with van der Waals surface area (Å²) in [6.45, 7) is 6.53. The molecule has 7 rings (SSSR count). The molecule has 2 unspecified atom stereocenters. The van der Waals surface area contributed by atoms with Crippen molar-refractivity contribution in [2.24, 2.45) is 10.4 Å². The number of benzene rings is 4. The van der Waals surface area contributed by atoms with Crippen LogP contribution in [0.3, 0.4) is 0 Å². The summed E-state index contributed by atoms with van der Waals surface area (Å²) >= 11 is 0. The molecule has 5 aromatic rings. The Balaban J connectivity index is 1.46. The third kappa shape index (κ3) is 3.33. The van der Waals surface area contributed by atoms with E-state index in [0.717, 1.165) is 28.4 Å². The monoisotopic (exact) mass is 476 g/mol. The van der Waals surface area contributed by atoms with Crippen LogP contribution in [0.25, 0.3) is 38.7 Å². The molecule has 0 bridgehead atoms. The molecule has 2 aliphatic rings. The molecule has 0 saturated carbocycles. The van der Waals surface area contributed by atoms with E-state index in [-0.39, 0.29) is 11.3 Å². The van der Waals surface area contributed by atoms with E-state index in [4.69, 9.17) is 9.98 Å². The number of rotatable bonds is 2. The molecule has 2 atom stereocenters.